The second-order valence-electron chi connectivity index (χ2n) is 5.07. The van der Waals surface area contributed by atoms with Gasteiger partial charge in [0.05, 0.1) is 21.1 Å². The first kappa shape index (κ1) is 18.3. The van der Waals surface area contributed by atoms with Crippen LogP contribution in [0.3, 0.4) is 0 Å². The van der Waals surface area contributed by atoms with Gasteiger partial charge in [0, 0.05) is 11.6 Å². The van der Waals surface area contributed by atoms with Gasteiger partial charge in [0.2, 0.25) is 0 Å². The molecule has 24 heavy (non-hydrogen) atoms. The minimum Gasteiger partial charge on any atom is -0.506 e. The van der Waals surface area contributed by atoms with Gasteiger partial charge in [-0.1, -0.05) is 29.3 Å². The highest BCUT2D eigenvalue weighted by atomic mass is 35.5. The van der Waals surface area contributed by atoms with Crippen molar-refractivity contribution in [1.82, 2.24) is 4.98 Å². The number of fused-ring (bicyclic) bond motifs is 1. The lowest BCUT2D eigenvalue weighted by Gasteiger charge is -2.12. The molecule has 0 aliphatic rings. The summed E-state index contributed by atoms with van der Waals surface area (Å²) in [5.41, 5.74) is 1.50. The number of anilines is 1. The van der Waals surface area contributed by atoms with Crippen LogP contribution in [0, 0.1) is 6.92 Å². The largest absolute Gasteiger partial charge is 0.506 e. The Kier molecular flexibility index (Phi) is 5.22. The van der Waals surface area contributed by atoms with Gasteiger partial charge in [-0.05, 0) is 37.3 Å². The fourth-order valence-corrected chi connectivity index (χ4v) is 3.47. The number of benzene rings is 2. The van der Waals surface area contributed by atoms with Crippen molar-refractivity contribution in [3.05, 3.63) is 59.2 Å². The summed E-state index contributed by atoms with van der Waals surface area (Å²) in [6.07, 6.45) is 1.51. The highest BCUT2D eigenvalue weighted by Gasteiger charge is 2.18. The molecule has 1 heterocycles. The second-order valence-corrected chi connectivity index (χ2v) is 7.16. The lowest BCUT2D eigenvalue weighted by molar-refractivity contribution is 0.482. The van der Waals surface area contributed by atoms with Crippen molar-refractivity contribution in [2.45, 2.75) is 11.8 Å². The molecule has 0 amide bonds. The summed E-state index contributed by atoms with van der Waals surface area (Å²) < 4.78 is 27.5. The normalized spacial score (nSPS) is 11.1. The van der Waals surface area contributed by atoms with Crippen molar-refractivity contribution in [2.75, 3.05) is 4.72 Å². The molecule has 0 fully saturated rings. The fraction of sp³-hybridized carbons (Fsp3) is 0.0625. The van der Waals surface area contributed by atoms with Gasteiger partial charge < -0.3 is 5.11 Å². The van der Waals surface area contributed by atoms with Gasteiger partial charge in [-0.25, -0.2) is 8.42 Å². The van der Waals surface area contributed by atoms with Crippen LogP contribution < -0.4 is 4.72 Å². The van der Waals surface area contributed by atoms with Crippen LogP contribution in [0.4, 0.5) is 5.69 Å². The van der Waals surface area contributed by atoms with Gasteiger partial charge in [-0.2, -0.15) is 0 Å². The summed E-state index contributed by atoms with van der Waals surface area (Å²) in [7, 11) is -3.78. The zero-order chi connectivity index (χ0) is 16.6. The number of pyridine rings is 1. The maximum Gasteiger partial charge on any atom is 0.261 e. The molecule has 0 aliphatic heterocycles. The molecule has 0 aliphatic carbocycles. The first-order valence-electron chi connectivity index (χ1n) is 6.74. The van der Waals surface area contributed by atoms with Gasteiger partial charge in [-0.3, -0.25) is 9.71 Å². The number of phenols is 1. The van der Waals surface area contributed by atoms with Crippen LogP contribution in [-0.4, -0.2) is 18.5 Å². The second kappa shape index (κ2) is 6.84. The third-order valence-electron chi connectivity index (χ3n) is 3.39. The van der Waals surface area contributed by atoms with E-state index in [2.05, 4.69) is 9.71 Å². The predicted octanol–water partition coefficient (Wildman–Crippen LogP) is 4.12. The Morgan fingerprint density at radius 2 is 1.83 bits per heavy atom. The van der Waals surface area contributed by atoms with Crippen molar-refractivity contribution in [1.29, 1.82) is 0 Å². The number of phenolic OH excluding ortho intramolecular Hbond substituents is 1. The molecule has 5 nitrogen and oxygen atoms in total. The predicted molar refractivity (Wildman–Crippen MR) is 97.7 cm³/mol. The Morgan fingerprint density at radius 3 is 2.50 bits per heavy atom. The average molecular weight is 385 g/mol. The van der Waals surface area contributed by atoms with Crippen LogP contribution in [0.5, 0.6) is 5.75 Å². The molecule has 0 saturated heterocycles. The number of sulfonamides is 1. The van der Waals surface area contributed by atoms with E-state index in [1.807, 2.05) is 6.92 Å². The van der Waals surface area contributed by atoms with E-state index in [1.54, 1.807) is 24.3 Å². The van der Waals surface area contributed by atoms with E-state index >= 15 is 0 Å². The Hall–Kier alpha value is -2.02. The fourth-order valence-electron chi connectivity index (χ4n) is 2.20. The smallest absolute Gasteiger partial charge is 0.261 e. The number of rotatable bonds is 3. The van der Waals surface area contributed by atoms with Crippen molar-refractivity contribution in [3.8, 4) is 5.75 Å². The molecule has 0 saturated carbocycles. The maximum absolute atomic E-state index is 12.5. The Labute approximate surface area is 150 Å². The van der Waals surface area contributed by atoms with E-state index in [4.69, 9.17) is 11.6 Å². The first-order chi connectivity index (χ1) is 10.9. The van der Waals surface area contributed by atoms with E-state index in [-0.39, 0.29) is 33.8 Å². The Balaban J connectivity index is 0.00000208. The van der Waals surface area contributed by atoms with Crippen LogP contribution in [0.2, 0.25) is 5.02 Å². The van der Waals surface area contributed by atoms with E-state index in [0.717, 1.165) is 5.56 Å². The number of halogens is 2. The van der Waals surface area contributed by atoms with Gasteiger partial charge >= 0.3 is 0 Å². The zero-order valence-electron chi connectivity index (χ0n) is 12.5. The molecule has 0 unspecified atom stereocenters. The number of hydrogen-bond acceptors (Lipinski definition) is 4. The van der Waals surface area contributed by atoms with Crippen LogP contribution in [0.15, 0.2) is 53.6 Å². The molecule has 0 radical (unpaired) electrons. The van der Waals surface area contributed by atoms with E-state index in [0.29, 0.717) is 10.9 Å². The van der Waals surface area contributed by atoms with Gasteiger partial charge in [0.25, 0.3) is 10.0 Å². The average Bonchev–Trinajstić information content (AvgIpc) is 2.52. The highest BCUT2D eigenvalue weighted by Crippen LogP contribution is 2.37. The molecule has 2 aromatic carbocycles. The van der Waals surface area contributed by atoms with E-state index < -0.39 is 10.0 Å². The van der Waals surface area contributed by atoms with Gasteiger partial charge in [0.1, 0.15) is 5.75 Å². The Morgan fingerprint density at radius 1 is 1.17 bits per heavy atom. The molecular weight excluding hydrogens is 371 g/mol. The number of aromatic nitrogens is 1. The summed E-state index contributed by atoms with van der Waals surface area (Å²) in [6.45, 7) is 1.88. The van der Waals surface area contributed by atoms with E-state index in [9.17, 15) is 13.5 Å². The van der Waals surface area contributed by atoms with Gasteiger partial charge in [0.15, 0.2) is 0 Å². The van der Waals surface area contributed by atoms with Gasteiger partial charge in [-0.15, -0.1) is 12.4 Å². The summed E-state index contributed by atoms with van der Waals surface area (Å²) in [6, 6.07) is 11.1. The molecule has 8 heteroatoms. The molecule has 0 atom stereocenters. The topological polar surface area (TPSA) is 79.3 Å². The number of nitrogens with zero attached hydrogens (tertiary/aromatic N) is 1. The number of hydrogen-bond donors (Lipinski definition) is 2. The van der Waals surface area contributed by atoms with E-state index in [1.165, 1.54) is 24.4 Å². The summed E-state index contributed by atoms with van der Waals surface area (Å²) in [5, 5.41) is 10.4. The molecule has 1 aromatic heterocycles. The molecule has 3 aromatic rings. The number of nitrogens with one attached hydrogen (secondary N) is 1. The van der Waals surface area contributed by atoms with Crippen LogP contribution in [-0.2, 0) is 10.0 Å². The molecule has 3 rings (SSSR count). The van der Waals surface area contributed by atoms with Crippen molar-refractivity contribution in [3.63, 3.8) is 0 Å². The lowest BCUT2D eigenvalue weighted by Crippen LogP contribution is -2.13. The molecule has 2 N–H and O–H groups in total. The SMILES string of the molecule is Cc1ccc(S(=O)(=O)Nc2cc(Cl)c(O)c3cccnc23)cc1.Cl. The third-order valence-corrected chi connectivity index (χ3v) is 5.06. The third kappa shape index (κ3) is 3.40. The summed E-state index contributed by atoms with van der Waals surface area (Å²) in [5.74, 6) is -0.131. The van der Waals surface area contributed by atoms with Crippen molar-refractivity contribution in [2.24, 2.45) is 0 Å². The highest BCUT2D eigenvalue weighted by molar-refractivity contribution is 7.92. The van der Waals surface area contributed by atoms with Crippen molar-refractivity contribution < 1.29 is 13.5 Å². The number of aryl methyl sites for hydroxylation is 1. The molecule has 0 spiro atoms. The minimum atomic E-state index is -3.78. The molecule has 0 bridgehead atoms. The minimum absolute atomic E-state index is 0. The van der Waals surface area contributed by atoms with Crippen LogP contribution >= 0.6 is 24.0 Å². The molecular formula is C16H14Cl2N2O3S. The zero-order valence-corrected chi connectivity index (χ0v) is 14.9. The maximum atomic E-state index is 12.5. The lowest BCUT2D eigenvalue weighted by atomic mass is 10.2. The summed E-state index contributed by atoms with van der Waals surface area (Å²) in [4.78, 5) is 4.27. The quantitative estimate of drug-likeness (QED) is 0.665. The van der Waals surface area contributed by atoms with Crippen LogP contribution in [0.25, 0.3) is 10.9 Å². The monoisotopic (exact) mass is 384 g/mol. The number of aromatic hydroxyl groups is 1. The molecule has 126 valence electrons. The summed E-state index contributed by atoms with van der Waals surface area (Å²) >= 11 is 5.98. The Bertz CT molecular complexity index is 990. The van der Waals surface area contributed by atoms with Crippen molar-refractivity contribution >= 4 is 50.6 Å². The van der Waals surface area contributed by atoms with Crippen LogP contribution in [0.1, 0.15) is 5.56 Å². The first-order valence-corrected chi connectivity index (χ1v) is 8.60. The standard InChI is InChI=1S/C16H13ClN2O3S.ClH/c1-10-4-6-11(7-5-10)23(21,22)19-14-9-13(17)16(20)12-3-2-8-18-15(12)14;/h2-9,19-20H,1H3;1H.